The van der Waals surface area contributed by atoms with Crippen LogP contribution in [-0.4, -0.2) is 32.8 Å². The zero-order valence-corrected chi connectivity index (χ0v) is 19.6. The van der Waals surface area contributed by atoms with Crippen LogP contribution in [0.4, 0.5) is 5.82 Å². The summed E-state index contributed by atoms with van der Waals surface area (Å²) in [6, 6.07) is 21.3. The summed E-state index contributed by atoms with van der Waals surface area (Å²) in [6.45, 7) is 3.28. The number of hydrogen-bond acceptors (Lipinski definition) is 5. The van der Waals surface area contributed by atoms with Gasteiger partial charge in [0, 0.05) is 24.0 Å². The summed E-state index contributed by atoms with van der Waals surface area (Å²) in [5, 5.41) is 16.7. The molecule has 35 heavy (non-hydrogen) atoms. The molecule has 0 saturated heterocycles. The van der Waals surface area contributed by atoms with Crippen molar-refractivity contribution in [2.45, 2.75) is 26.7 Å². The highest BCUT2D eigenvalue weighted by Crippen LogP contribution is 2.29. The molecule has 4 aromatic rings. The third kappa shape index (κ3) is 5.31. The Kier molecular flexibility index (Phi) is 7.07. The molecule has 8 heteroatoms. The van der Waals surface area contributed by atoms with Gasteiger partial charge in [-0.15, -0.1) is 0 Å². The first-order valence-corrected chi connectivity index (χ1v) is 11.2. The van der Waals surface area contributed by atoms with Gasteiger partial charge in [-0.2, -0.15) is 10.4 Å². The number of anilines is 1. The lowest BCUT2D eigenvalue weighted by Gasteiger charge is -2.13. The fourth-order valence-corrected chi connectivity index (χ4v) is 3.80. The highest BCUT2D eigenvalue weighted by Gasteiger charge is 2.21. The molecule has 0 spiro atoms. The van der Waals surface area contributed by atoms with E-state index in [2.05, 4.69) is 16.5 Å². The summed E-state index contributed by atoms with van der Waals surface area (Å²) in [5.41, 5.74) is 4.64. The molecule has 0 fully saturated rings. The lowest BCUT2D eigenvalue weighted by Crippen LogP contribution is -2.23. The number of amides is 1. The first kappa shape index (κ1) is 23.5. The van der Waals surface area contributed by atoms with Crippen LogP contribution < -0.4 is 5.32 Å². The number of para-hydroxylation sites is 2. The minimum atomic E-state index is -0.513. The van der Waals surface area contributed by atoms with Gasteiger partial charge in [0.05, 0.1) is 17.4 Å². The van der Waals surface area contributed by atoms with Gasteiger partial charge in [-0.1, -0.05) is 36.4 Å². The Hall–Kier alpha value is -4.64. The van der Waals surface area contributed by atoms with Gasteiger partial charge >= 0.3 is 5.97 Å². The van der Waals surface area contributed by atoms with Crippen LogP contribution >= 0.6 is 0 Å². The van der Waals surface area contributed by atoms with E-state index in [-0.39, 0.29) is 6.42 Å². The van der Waals surface area contributed by atoms with E-state index in [0.717, 1.165) is 28.2 Å². The maximum Gasteiger partial charge on any atom is 0.306 e. The molecular weight excluding hydrogens is 442 g/mol. The minimum absolute atomic E-state index is 0.121. The van der Waals surface area contributed by atoms with E-state index in [9.17, 15) is 14.9 Å². The maximum absolute atomic E-state index is 12.6. The van der Waals surface area contributed by atoms with E-state index in [1.807, 2.05) is 85.3 Å². The number of carbonyl (C=O) groups is 2. The van der Waals surface area contributed by atoms with Crippen LogP contribution in [0.3, 0.4) is 0 Å². The second-order valence-corrected chi connectivity index (χ2v) is 8.05. The van der Waals surface area contributed by atoms with Crippen molar-refractivity contribution in [3.8, 4) is 17.4 Å². The summed E-state index contributed by atoms with van der Waals surface area (Å²) in [7, 11) is 0. The van der Waals surface area contributed by atoms with Gasteiger partial charge in [0.15, 0.2) is 6.61 Å². The maximum atomic E-state index is 12.6. The molecule has 0 unspecified atom stereocenters. The summed E-state index contributed by atoms with van der Waals surface area (Å²) < 4.78 is 8.74. The van der Waals surface area contributed by atoms with E-state index in [1.54, 1.807) is 10.9 Å². The number of hydrogen-bond donors (Lipinski definition) is 1. The van der Waals surface area contributed by atoms with Gasteiger partial charge < -0.3 is 10.1 Å². The summed E-state index contributed by atoms with van der Waals surface area (Å²) >= 11 is 0. The summed E-state index contributed by atoms with van der Waals surface area (Å²) in [4.78, 5) is 24.8. The molecule has 0 bridgehead atoms. The lowest BCUT2D eigenvalue weighted by atomic mass is 10.2. The Balaban J connectivity index is 1.35. The predicted octanol–water partition coefficient (Wildman–Crippen LogP) is 4.27. The molecule has 0 aliphatic rings. The Bertz CT molecular complexity index is 1380. The third-order valence-corrected chi connectivity index (χ3v) is 5.74. The smallest absolute Gasteiger partial charge is 0.306 e. The Morgan fingerprint density at radius 1 is 1.03 bits per heavy atom. The normalized spacial score (nSPS) is 10.5. The summed E-state index contributed by atoms with van der Waals surface area (Å²) in [6.07, 6.45) is 4.14. The number of benzene rings is 2. The molecular formula is C27H25N5O3. The number of nitrogens with zero attached hydrogens (tertiary/aromatic N) is 4. The van der Waals surface area contributed by atoms with Crippen LogP contribution in [0.15, 0.2) is 73.1 Å². The molecule has 0 aliphatic heterocycles. The Morgan fingerprint density at radius 3 is 2.34 bits per heavy atom. The van der Waals surface area contributed by atoms with Gasteiger partial charge in [0.1, 0.15) is 11.9 Å². The average Bonchev–Trinajstić information content (AvgIpc) is 3.45. The van der Waals surface area contributed by atoms with Crippen LogP contribution in [0.5, 0.6) is 0 Å². The van der Waals surface area contributed by atoms with Crippen molar-refractivity contribution in [1.82, 2.24) is 14.3 Å². The van der Waals surface area contributed by atoms with Crippen LogP contribution in [0.1, 0.15) is 28.8 Å². The highest BCUT2D eigenvalue weighted by molar-refractivity contribution is 5.94. The molecule has 0 saturated carbocycles. The van der Waals surface area contributed by atoms with Crippen molar-refractivity contribution in [2.24, 2.45) is 0 Å². The summed E-state index contributed by atoms with van der Waals surface area (Å²) in [5.74, 6) is -0.636. The number of carbonyl (C=O) groups excluding carboxylic acids is 2. The van der Waals surface area contributed by atoms with Gasteiger partial charge in [-0.3, -0.25) is 14.2 Å². The molecule has 176 valence electrons. The fraction of sp³-hybridized carbons (Fsp3) is 0.185. The first-order chi connectivity index (χ1) is 17.0. The highest BCUT2D eigenvalue weighted by atomic mass is 16.5. The third-order valence-electron chi connectivity index (χ3n) is 5.74. The van der Waals surface area contributed by atoms with Crippen LogP contribution in [0, 0.1) is 25.2 Å². The number of nitrogens with one attached hydrogen (secondary N) is 1. The topological polar surface area (TPSA) is 102 Å². The molecule has 0 radical (unpaired) electrons. The second-order valence-electron chi connectivity index (χ2n) is 8.05. The standard InChI is InChI=1S/C27H25N5O3/c1-19-20(2)32(23-11-7-4-8-12-23)27(24(19)15-28)30-25(33)18-35-26(34)14-13-21-16-29-31(17-21)22-9-5-3-6-10-22/h3-12,16-17H,13-14,18H2,1-2H3,(H,30,33). The average molecular weight is 468 g/mol. The van der Waals surface area contributed by atoms with E-state index >= 15 is 0 Å². The number of ether oxygens (including phenoxy) is 1. The van der Waals surface area contributed by atoms with Gasteiger partial charge in [-0.05, 0) is 55.7 Å². The van der Waals surface area contributed by atoms with E-state index in [1.165, 1.54) is 0 Å². The monoisotopic (exact) mass is 467 g/mol. The molecule has 2 aromatic heterocycles. The fourth-order valence-electron chi connectivity index (χ4n) is 3.80. The van der Waals surface area contributed by atoms with Crippen molar-refractivity contribution in [2.75, 3.05) is 11.9 Å². The number of aromatic nitrogens is 3. The molecule has 8 nitrogen and oxygen atoms in total. The number of esters is 1. The zero-order chi connectivity index (χ0) is 24.8. The van der Waals surface area contributed by atoms with Crippen LogP contribution in [0.2, 0.25) is 0 Å². The quantitative estimate of drug-likeness (QED) is 0.390. The largest absolute Gasteiger partial charge is 0.456 e. The van der Waals surface area contributed by atoms with Gasteiger partial charge in [0.2, 0.25) is 0 Å². The van der Waals surface area contributed by atoms with Crippen molar-refractivity contribution in [3.63, 3.8) is 0 Å². The number of rotatable bonds is 8. The predicted molar refractivity (Wildman–Crippen MR) is 131 cm³/mol. The molecule has 4 rings (SSSR count). The molecule has 0 atom stereocenters. The Labute approximate surface area is 203 Å². The molecule has 2 heterocycles. The van der Waals surface area contributed by atoms with E-state index < -0.39 is 18.5 Å². The van der Waals surface area contributed by atoms with Crippen molar-refractivity contribution < 1.29 is 14.3 Å². The van der Waals surface area contributed by atoms with E-state index in [0.29, 0.717) is 17.8 Å². The van der Waals surface area contributed by atoms with Crippen molar-refractivity contribution >= 4 is 17.7 Å². The minimum Gasteiger partial charge on any atom is -0.456 e. The molecule has 2 aromatic carbocycles. The van der Waals surface area contributed by atoms with Gasteiger partial charge in [-0.25, -0.2) is 4.68 Å². The number of nitriles is 1. The molecule has 1 N–H and O–H groups in total. The van der Waals surface area contributed by atoms with Crippen molar-refractivity contribution in [1.29, 1.82) is 5.26 Å². The lowest BCUT2D eigenvalue weighted by molar-refractivity contribution is -0.147. The van der Waals surface area contributed by atoms with Crippen LogP contribution in [-0.2, 0) is 20.7 Å². The SMILES string of the molecule is Cc1c(C#N)c(NC(=O)COC(=O)CCc2cnn(-c3ccccc3)c2)n(-c2ccccc2)c1C. The zero-order valence-electron chi connectivity index (χ0n) is 19.6. The number of aryl methyl sites for hydroxylation is 1. The van der Waals surface area contributed by atoms with Crippen LogP contribution in [0.25, 0.3) is 11.4 Å². The van der Waals surface area contributed by atoms with Gasteiger partial charge in [0.25, 0.3) is 5.91 Å². The first-order valence-electron chi connectivity index (χ1n) is 11.2. The molecule has 1 amide bonds. The molecule has 0 aliphatic carbocycles. The van der Waals surface area contributed by atoms with Crippen molar-refractivity contribution in [3.05, 3.63) is 95.4 Å². The Morgan fingerprint density at radius 2 is 1.69 bits per heavy atom. The second kappa shape index (κ2) is 10.5. The van der Waals surface area contributed by atoms with E-state index in [4.69, 9.17) is 4.74 Å².